The lowest BCUT2D eigenvalue weighted by molar-refractivity contribution is 0.190. The van der Waals surface area contributed by atoms with Crippen molar-refractivity contribution in [2.24, 2.45) is 5.92 Å². The van der Waals surface area contributed by atoms with Crippen LogP contribution in [0.4, 0.5) is 13.2 Å². The summed E-state index contributed by atoms with van der Waals surface area (Å²) < 4.78 is 65.6. The SMILES string of the molecule is CC1CCN(S(=O)(=O)c2c(F)cc(F)cc2F)C1CO. The highest BCUT2D eigenvalue weighted by Crippen LogP contribution is 2.32. The van der Waals surface area contributed by atoms with Crippen molar-refractivity contribution in [2.45, 2.75) is 24.3 Å². The molecule has 0 radical (unpaired) electrons. The van der Waals surface area contributed by atoms with Crippen molar-refractivity contribution in [2.75, 3.05) is 13.2 Å². The molecule has 0 amide bonds. The summed E-state index contributed by atoms with van der Waals surface area (Å²) in [5, 5.41) is 9.25. The lowest BCUT2D eigenvalue weighted by Gasteiger charge is -2.24. The summed E-state index contributed by atoms with van der Waals surface area (Å²) in [6.07, 6.45) is 0.481. The van der Waals surface area contributed by atoms with Crippen LogP contribution in [0.1, 0.15) is 13.3 Å². The van der Waals surface area contributed by atoms with Crippen LogP contribution < -0.4 is 0 Å². The molecule has 0 aromatic heterocycles. The molecular weight excluding hydrogens is 295 g/mol. The molecule has 1 aliphatic rings. The zero-order chi connectivity index (χ0) is 15.1. The molecule has 1 fully saturated rings. The van der Waals surface area contributed by atoms with Gasteiger partial charge in [0.15, 0.2) is 4.90 Å². The van der Waals surface area contributed by atoms with Crippen LogP contribution in [0, 0.1) is 23.4 Å². The predicted molar refractivity (Wildman–Crippen MR) is 64.9 cm³/mol. The van der Waals surface area contributed by atoms with Crippen LogP contribution in [0.15, 0.2) is 17.0 Å². The molecule has 1 heterocycles. The van der Waals surface area contributed by atoms with Gasteiger partial charge in [-0.2, -0.15) is 4.31 Å². The van der Waals surface area contributed by atoms with Crippen LogP contribution in [0.3, 0.4) is 0 Å². The average Bonchev–Trinajstić information content (AvgIpc) is 2.69. The first-order chi connectivity index (χ1) is 9.28. The Kier molecular flexibility index (Phi) is 4.08. The number of nitrogens with zero attached hydrogens (tertiary/aromatic N) is 1. The second-order valence-electron chi connectivity index (χ2n) is 4.83. The lowest BCUT2D eigenvalue weighted by Crippen LogP contribution is -2.40. The predicted octanol–water partition coefficient (Wildman–Crippen LogP) is 1.50. The van der Waals surface area contributed by atoms with Crippen LogP contribution in [-0.2, 0) is 10.0 Å². The zero-order valence-electron chi connectivity index (χ0n) is 10.7. The van der Waals surface area contributed by atoms with Crippen molar-refractivity contribution in [1.82, 2.24) is 4.31 Å². The zero-order valence-corrected chi connectivity index (χ0v) is 11.5. The molecule has 1 aromatic carbocycles. The highest BCUT2D eigenvalue weighted by Gasteiger charge is 2.41. The van der Waals surface area contributed by atoms with E-state index in [0.29, 0.717) is 18.6 Å². The van der Waals surface area contributed by atoms with Gasteiger partial charge in [0.05, 0.1) is 12.6 Å². The Bertz CT molecular complexity index is 597. The van der Waals surface area contributed by atoms with Crippen molar-refractivity contribution < 1.29 is 26.7 Å². The fourth-order valence-corrected chi connectivity index (χ4v) is 4.26. The summed E-state index contributed by atoms with van der Waals surface area (Å²) >= 11 is 0. The summed E-state index contributed by atoms with van der Waals surface area (Å²) in [7, 11) is -4.45. The minimum Gasteiger partial charge on any atom is -0.395 e. The van der Waals surface area contributed by atoms with Crippen molar-refractivity contribution >= 4 is 10.0 Å². The van der Waals surface area contributed by atoms with E-state index in [4.69, 9.17) is 0 Å². The maximum absolute atomic E-state index is 13.6. The molecular formula is C12H14F3NO3S. The molecule has 1 N–H and O–H groups in total. The Hall–Kier alpha value is -1.12. The number of aliphatic hydroxyl groups excluding tert-OH is 1. The molecule has 2 atom stereocenters. The fraction of sp³-hybridized carbons (Fsp3) is 0.500. The fourth-order valence-electron chi connectivity index (χ4n) is 2.44. The van der Waals surface area contributed by atoms with Gasteiger partial charge in [-0.3, -0.25) is 0 Å². The van der Waals surface area contributed by atoms with Gasteiger partial charge in [0.2, 0.25) is 10.0 Å². The van der Waals surface area contributed by atoms with Gasteiger partial charge in [0.25, 0.3) is 0 Å². The first kappa shape index (κ1) is 15.3. The topological polar surface area (TPSA) is 57.6 Å². The second kappa shape index (κ2) is 5.34. The minimum absolute atomic E-state index is 0.0605. The molecule has 112 valence electrons. The number of halogens is 3. The van der Waals surface area contributed by atoms with Crippen LogP contribution >= 0.6 is 0 Å². The molecule has 2 unspecified atom stereocenters. The van der Waals surface area contributed by atoms with Gasteiger partial charge in [-0.25, -0.2) is 21.6 Å². The third-order valence-electron chi connectivity index (χ3n) is 3.55. The van der Waals surface area contributed by atoms with Crippen LogP contribution in [0.2, 0.25) is 0 Å². The standard InChI is InChI=1S/C12H14F3NO3S/c1-7-2-3-16(11(7)6-17)20(18,19)12-9(14)4-8(13)5-10(12)15/h4-5,7,11,17H,2-3,6H2,1H3. The van der Waals surface area contributed by atoms with Crippen molar-refractivity contribution in [3.63, 3.8) is 0 Å². The molecule has 20 heavy (non-hydrogen) atoms. The normalized spacial score (nSPS) is 24.2. The Morgan fingerprint density at radius 1 is 1.30 bits per heavy atom. The van der Waals surface area contributed by atoms with Gasteiger partial charge in [-0.1, -0.05) is 6.92 Å². The summed E-state index contributed by atoms with van der Waals surface area (Å²) in [5.41, 5.74) is 0. The van der Waals surface area contributed by atoms with Crippen LogP contribution in [-0.4, -0.2) is 37.0 Å². The van der Waals surface area contributed by atoms with E-state index in [9.17, 15) is 26.7 Å². The Morgan fingerprint density at radius 3 is 2.35 bits per heavy atom. The number of hydrogen-bond donors (Lipinski definition) is 1. The highest BCUT2D eigenvalue weighted by atomic mass is 32.2. The molecule has 2 rings (SSSR count). The molecule has 1 saturated heterocycles. The third kappa shape index (κ3) is 2.43. The van der Waals surface area contributed by atoms with E-state index in [-0.39, 0.29) is 12.5 Å². The maximum atomic E-state index is 13.6. The first-order valence-electron chi connectivity index (χ1n) is 6.06. The lowest BCUT2D eigenvalue weighted by atomic mass is 10.0. The van der Waals surface area contributed by atoms with Gasteiger partial charge in [0, 0.05) is 18.7 Å². The highest BCUT2D eigenvalue weighted by molar-refractivity contribution is 7.89. The molecule has 0 bridgehead atoms. The van der Waals surface area contributed by atoms with Crippen molar-refractivity contribution in [3.8, 4) is 0 Å². The summed E-state index contributed by atoms with van der Waals surface area (Å²) in [5.74, 6) is -4.26. The van der Waals surface area contributed by atoms with Crippen LogP contribution in [0.5, 0.6) is 0 Å². The summed E-state index contributed by atoms with van der Waals surface area (Å²) in [6, 6.07) is -0.0869. The monoisotopic (exact) mass is 309 g/mol. The van der Waals surface area contributed by atoms with E-state index in [1.54, 1.807) is 6.92 Å². The number of benzene rings is 1. The average molecular weight is 309 g/mol. The van der Waals surface area contributed by atoms with Gasteiger partial charge in [0.1, 0.15) is 17.5 Å². The molecule has 0 spiro atoms. The molecule has 1 aromatic rings. The quantitative estimate of drug-likeness (QED) is 0.920. The van der Waals surface area contributed by atoms with E-state index in [1.807, 2.05) is 0 Å². The molecule has 0 saturated carbocycles. The number of rotatable bonds is 3. The molecule has 4 nitrogen and oxygen atoms in total. The molecule has 8 heteroatoms. The second-order valence-corrected chi connectivity index (χ2v) is 6.66. The van der Waals surface area contributed by atoms with E-state index in [0.717, 1.165) is 4.31 Å². The Morgan fingerprint density at radius 2 is 1.85 bits per heavy atom. The van der Waals surface area contributed by atoms with Gasteiger partial charge < -0.3 is 5.11 Å². The van der Waals surface area contributed by atoms with E-state index < -0.39 is 45.0 Å². The largest absolute Gasteiger partial charge is 0.395 e. The number of hydrogen-bond acceptors (Lipinski definition) is 3. The summed E-state index contributed by atoms with van der Waals surface area (Å²) in [4.78, 5) is -1.17. The van der Waals surface area contributed by atoms with E-state index in [1.165, 1.54) is 0 Å². The Labute approximate surface area is 114 Å². The van der Waals surface area contributed by atoms with Gasteiger partial charge in [-0.05, 0) is 12.3 Å². The minimum atomic E-state index is -4.45. The Balaban J connectivity index is 2.51. The summed E-state index contributed by atoms with van der Waals surface area (Å²) in [6.45, 7) is 1.36. The first-order valence-corrected chi connectivity index (χ1v) is 7.50. The maximum Gasteiger partial charge on any atom is 0.249 e. The van der Waals surface area contributed by atoms with Gasteiger partial charge in [-0.15, -0.1) is 0 Å². The third-order valence-corrected chi connectivity index (χ3v) is 5.53. The molecule has 1 aliphatic heterocycles. The van der Waals surface area contributed by atoms with E-state index in [2.05, 4.69) is 0 Å². The van der Waals surface area contributed by atoms with Crippen molar-refractivity contribution in [3.05, 3.63) is 29.6 Å². The number of sulfonamides is 1. The van der Waals surface area contributed by atoms with Gasteiger partial charge >= 0.3 is 0 Å². The number of aliphatic hydroxyl groups is 1. The smallest absolute Gasteiger partial charge is 0.249 e. The van der Waals surface area contributed by atoms with E-state index >= 15 is 0 Å². The van der Waals surface area contributed by atoms with Crippen LogP contribution in [0.25, 0.3) is 0 Å². The van der Waals surface area contributed by atoms with Crippen molar-refractivity contribution in [1.29, 1.82) is 0 Å². The molecule has 0 aliphatic carbocycles.